The van der Waals surface area contributed by atoms with E-state index in [-0.39, 0.29) is 28.7 Å². The van der Waals surface area contributed by atoms with Gasteiger partial charge in [0.05, 0.1) is 16.6 Å². The first-order valence-electron chi connectivity index (χ1n) is 8.43. The smallest absolute Gasteiger partial charge is 0.341 e. The van der Waals surface area contributed by atoms with E-state index in [1.807, 2.05) is 0 Å². The van der Waals surface area contributed by atoms with Gasteiger partial charge in [-0.15, -0.1) is 0 Å². The van der Waals surface area contributed by atoms with Gasteiger partial charge in [0.1, 0.15) is 11.3 Å². The van der Waals surface area contributed by atoms with Crippen LogP contribution in [0.3, 0.4) is 0 Å². The summed E-state index contributed by atoms with van der Waals surface area (Å²) in [7, 11) is 0. The van der Waals surface area contributed by atoms with Crippen molar-refractivity contribution in [2.45, 2.75) is 31.3 Å². The van der Waals surface area contributed by atoms with Crippen LogP contribution in [-0.2, 0) is 0 Å². The molecule has 138 valence electrons. The van der Waals surface area contributed by atoms with Crippen molar-refractivity contribution in [3.05, 3.63) is 27.8 Å². The number of fused-ring (bicyclic) bond motifs is 1. The minimum atomic E-state index is -1.42. The predicted molar refractivity (Wildman–Crippen MR) is 94.3 cm³/mol. The fourth-order valence-corrected chi connectivity index (χ4v) is 3.65. The minimum Gasteiger partial charge on any atom is -0.504 e. The fraction of sp³-hybridized carbons (Fsp3) is 0.412. The summed E-state index contributed by atoms with van der Waals surface area (Å²) in [6.07, 6.45) is 3.40. The highest BCUT2D eigenvalue weighted by Crippen LogP contribution is 2.45. The number of rotatable bonds is 3. The first-order chi connectivity index (χ1) is 12.3. The van der Waals surface area contributed by atoms with Crippen LogP contribution in [0.15, 0.2) is 11.0 Å². The summed E-state index contributed by atoms with van der Waals surface area (Å²) in [5.41, 5.74) is 9.93. The standard InChI is InChI=1S/C17H19FN4O4/c18-11-12(20)10-13(16(24)14(11)21-4-3-7(19)5-21)22(8-1-2-8)6-9(15(10)23)17(25)26/h6-8,24H,1-5,19-20H2,(H,25,26). The highest BCUT2D eigenvalue weighted by atomic mass is 19.1. The average molecular weight is 362 g/mol. The van der Waals surface area contributed by atoms with Crippen molar-refractivity contribution in [2.24, 2.45) is 5.73 Å². The van der Waals surface area contributed by atoms with Crippen LogP contribution < -0.4 is 21.8 Å². The molecule has 1 saturated carbocycles. The number of phenols is 1. The lowest BCUT2D eigenvalue weighted by atomic mass is 10.1. The number of nitrogen functional groups attached to an aromatic ring is 1. The van der Waals surface area contributed by atoms with Gasteiger partial charge in [0.25, 0.3) is 0 Å². The van der Waals surface area contributed by atoms with E-state index in [4.69, 9.17) is 11.5 Å². The first-order valence-corrected chi connectivity index (χ1v) is 8.43. The molecule has 1 aliphatic heterocycles. The molecule has 1 atom stereocenters. The number of carbonyl (C=O) groups is 1. The van der Waals surface area contributed by atoms with E-state index in [9.17, 15) is 24.2 Å². The molecule has 6 N–H and O–H groups in total. The molecule has 1 saturated heterocycles. The molecule has 0 spiro atoms. The zero-order valence-electron chi connectivity index (χ0n) is 13.9. The lowest BCUT2D eigenvalue weighted by Crippen LogP contribution is -2.28. The van der Waals surface area contributed by atoms with Crippen LogP contribution in [0, 0.1) is 5.82 Å². The molecular weight excluding hydrogens is 343 g/mol. The summed E-state index contributed by atoms with van der Waals surface area (Å²) >= 11 is 0. The largest absolute Gasteiger partial charge is 0.504 e. The van der Waals surface area contributed by atoms with E-state index >= 15 is 0 Å². The number of carboxylic acids is 1. The number of nitrogens with zero attached hydrogens (tertiary/aromatic N) is 2. The Morgan fingerprint density at radius 3 is 2.54 bits per heavy atom. The van der Waals surface area contributed by atoms with Crippen LogP contribution in [-0.4, -0.2) is 39.9 Å². The van der Waals surface area contributed by atoms with Gasteiger partial charge in [0.15, 0.2) is 11.6 Å². The zero-order chi connectivity index (χ0) is 18.7. The summed E-state index contributed by atoms with van der Waals surface area (Å²) in [6, 6.07) is -0.202. The number of aromatic carboxylic acids is 1. The maximum atomic E-state index is 15.0. The van der Waals surface area contributed by atoms with Gasteiger partial charge in [0, 0.05) is 31.4 Å². The van der Waals surface area contributed by atoms with Gasteiger partial charge in [-0.05, 0) is 19.3 Å². The van der Waals surface area contributed by atoms with E-state index in [0.29, 0.717) is 19.5 Å². The maximum absolute atomic E-state index is 15.0. The second-order valence-corrected chi connectivity index (χ2v) is 6.96. The van der Waals surface area contributed by atoms with Crippen molar-refractivity contribution in [2.75, 3.05) is 23.7 Å². The van der Waals surface area contributed by atoms with Gasteiger partial charge in [0.2, 0.25) is 5.43 Å². The van der Waals surface area contributed by atoms with Crippen LogP contribution in [0.1, 0.15) is 35.7 Å². The number of phenolic OH excluding ortho intramolecular Hbond substituents is 1. The summed E-state index contributed by atoms with van der Waals surface area (Å²) < 4.78 is 16.5. The van der Waals surface area contributed by atoms with Crippen LogP contribution in [0.4, 0.5) is 15.8 Å². The molecule has 0 bridgehead atoms. The lowest BCUT2D eigenvalue weighted by molar-refractivity contribution is 0.0695. The van der Waals surface area contributed by atoms with Crippen molar-refractivity contribution < 1.29 is 19.4 Å². The predicted octanol–water partition coefficient (Wildman–Crippen LogP) is 0.999. The molecule has 2 fully saturated rings. The number of aromatic nitrogens is 1. The number of halogens is 1. The highest BCUT2D eigenvalue weighted by Gasteiger charge is 2.33. The third-order valence-corrected chi connectivity index (χ3v) is 5.11. The Hall–Kier alpha value is -2.81. The molecule has 0 radical (unpaired) electrons. The quantitative estimate of drug-likeness (QED) is 0.472. The molecule has 2 heterocycles. The Kier molecular flexibility index (Phi) is 3.58. The Balaban J connectivity index is 2.09. The molecule has 9 heteroatoms. The van der Waals surface area contributed by atoms with Crippen LogP contribution in [0.2, 0.25) is 0 Å². The Morgan fingerprint density at radius 2 is 2.00 bits per heavy atom. The topological polar surface area (TPSA) is 135 Å². The summed E-state index contributed by atoms with van der Waals surface area (Å²) in [5.74, 6) is -2.74. The summed E-state index contributed by atoms with van der Waals surface area (Å²) in [5, 5.41) is 19.8. The maximum Gasteiger partial charge on any atom is 0.341 e. The van der Waals surface area contributed by atoms with Gasteiger partial charge >= 0.3 is 5.97 Å². The third kappa shape index (κ3) is 2.31. The SMILES string of the molecule is Nc1c(F)c(N2CCC(N)C2)c(O)c2c1c(=O)c(C(=O)O)cn2C1CC1. The van der Waals surface area contributed by atoms with E-state index in [0.717, 1.165) is 12.8 Å². The van der Waals surface area contributed by atoms with Gasteiger partial charge < -0.3 is 31.1 Å². The van der Waals surface area contributed by atoms with E-state index < -0.39 is 34.2 Å². The minimum absolute atomic E-state index is 0.0550. The molecule has 1 aromatic carbocycles. The second-order valence-electron chi connectivity index (χ2n) is 6.96. The monoisotopic (exact) mass is 362 g/mol. The Morgan fingerprint density at radius 1 is 1.31 bits per heavy atom. The van der Waals surface area contributed by atoms with E-state index in [1.165, 1.54) is 10.8 Å². The van der Waals surface area contributed by atoms with Crippen molar-refractivity contribution in [3.8, 4) is 5.75 Å². The molecule has 8 nitrogen and oxygen atoms in total. The molecule has 1 aromatic heterocycles. The van der Waals surface area contributed by atoms with Gasteiger partial charge in [-0.2, -0.15) is 0 Å². The number of hydrogen-bond acceptors (Lipinski definition) is 6. The summed E-state index contributed by atoms with van der Waals surface area (Å²) in [4.78, 5) is 25.6. The van der Waals surface area contributed by atoms with E-state index in [2.05, 4.69) is 0 Å². The van der Waals surface area contributed by atoms with Crippen LogP contribution >= 0.6 is 0 Å². The molecule has 1 aliphatic carbocycles. The summed E-state index contributed by atoms with van der Waals surface area (Å²) in [6.45, 7) is 0.813. The van der Waals surface area contributed by atoms with Crippen molar-refractivity contribution in [3.63, 3.8) is 0 Å². The number of benzene rings is 1. The van der Waals surface area contributed by atoms with Crippen LogP contribution in [0.25, 0.3) is 10.9 Å². The number of carboxylic acid groups (broad SMARTS) is 1. The number of hydrogen-bond donors (Lipinski definition) is 4. The average Bonchev–Trinajstić information content (AvgIpc) is 3.34. The van der Waals surface area contributed by atoms with E-state index in [1.54, 1.807) is 4.90 Å². The Labute approximate surface area is 147 Å². The second kappa shape index (κ2) is 5.60. The molecule has 2 aliphatic rings. The van der Waals surface area contributed by atoms with Gasteiger partial charge in [-0.3, -0.25) is 4.79 Å². The first kappa shape index (κ1) is 16.6. The molecular formula is C17H19FN4O4. The number of anilines is 2. The van der Waals surface area contributed by atoms with Gasteiger partial charge in [-0.1, -0.05) is 0 Å². The molecule has 1 unspecified atom stereocenters. The van der Waals surface area contributed by atoms with Crippen molar-refractivity contribution in [1.82, 2.24) is 4.57 Å². The molecule has 0 amide bonds. The Bertz CT molecular complexity index is 999. The van der Waals surface area contributed by atoms with Crippen LogP contribution in [0.5, 0.6) is 5.75 Å². The third-order valence-electron chi connectivity index (χ3n) is 5.11. The zero-order valence-corrected chi connectivity index (χ0v) is 13.9. The normalized spacial score (nSPS) is 20.1. The molecule has 4 rings (SSSR count). The van der Waals surface area contributed by atoms with Crippen molar-refractivity contribution >= 4 is 28.2 Å². The number of pyridine rings is 1. The highest BCUT2D eigenvalue weighted by molar-refractivity contribution is 6.03. The lowest BCUT2D eigenvalue weighted by Gasteiger charge is -2.24. The van der Waals surface area contributed by atoms with Gasteiger partial charge in [-0.25, -0.2) is 9.18 Å². The number of nitrogens with two attached hydrogens (primary N) is 2. The number of aromatic hydroxyl groups is 1. The van der Waals surface area contributed by atoms with Crippen molar-refractivity contribution in [1.29, 1.82) is 0 Å². The fourth-order valence-electron chi connectivity index (χ4n) is 3.65. The molecule has 26 heavy (non-hydrogen) atoms. The molecule has 2 aromatic rings.